The Morgan fingerprint density at radius 2 is 2.00 bits per heavy atom. The minimum absolute atomic E-state index is 0.190. The van der Waals surface area contributed by atoms with Crippen LogP contribution in [0.15, 0.2) is 0 Å². The predicted octanol–water partition coefficient (Wildman–Crippen LogP) is 2.06. The van der Waals surface area contributed by atoms with Crippen LogP contribution in [0.3, 0.4) is 0 Å². The van der Waals surface area contributed by atoms with Crippen LogP contribution in [0.5, 0.6) is 0 Å². The van der Waals surface area contributed by atoms with Crippen molar-refractivity contribution in [3.05, 3.63) is 0 Å². The minimum Gasteiger partial charge on any atom is -0.328 e. The molecule has 1 unspecified atom stereocenters. The summed E-state index contributed by atoms with van der Waals surface area (Å²) in [7, 11) is -2.81. The molecule has 0 saturated carbocycles. The second-order valence-corrected chi connectivity index (χ2v) is 8.63. The average molecular weight is 279 g/mol. The van der Waals surface area contributed by atoms with E-state index in [1.807, 2.05) is 11.8 Å². The first kappa shape index (κ1) is 15.3. The largest absolute Gasteiger partial charge is 0.328 e. The van der Waals surface area contributed by atoms with Crippen LogP contribution in [0.2, 0.25) is 0 Å². The number of nitrogens with two attached hydrogens (primary N) is 1. The zero-order valence-corrected chi connectivity index (χ0v) is 12.4. The summed E-state index contributed by atoms with van der Waals surface area (Å²) in [4.78, 5) is 0. The van der Waals surface area contributed by atoms with Gasteiger partial charge in [0, 0.05) is 11.8 Å². The summed E-state index contributed by atoms with van der Waals surface area (Å²) in [5.74, 6) is 3.86. The molecule has 1 aliphatic heterocycles. The van der Waals surface area contributed by atoms with Crippen LogP contribution >= 0.6 is 11.8 Å². The van der Waals surface area contributed by atoms with Crippen LogP contribution in [-0.2, 0) is 9.84 Å². The zero-order chi connectivity index (χ0) is 12.7. The van der Waals surface area contributed by atoms with Gasteiger partial charge in [-0.15, -0.1) is 0 Å². The highest BCUT2D eigenvalue weighted by atomic mass is 32.2. The third-order valence-electron chi connectivity index (χ3n) is 3.45. The molecule has 0 aromatic rings. The Bertz CT molecular complexity index is 298. The lowest BCUT2D eigenvalue weighted by Crippen LogP contribution is -2.26. The fraction of sp³-hybridized carbons (Fsp3) is 1.00. The van der Waals surface area contributed by atoms with Crippen molar-refractivity contribution < 1.29 is 8.42 Å². The van der Waals surface area contributed by atoms with Crippen LogP contribution in [0, 0.1) is 5.92 Å². The standard InChI is InChI=1S/C12H25NO2S2/c1-2-17(14,15)9-3-4-12(13)10-11-5-7-16-8-6-11/h11-12H,2-10,13H2,1H3. The molecule has 0 aliphatic carbocycles. The Morgan fingerprint density at radius 1 is 1.35 bits per heavy atom. The van der Waals surface area contributed by atoms with Crippen molar-refractivity contribution in [2.45, 2.75) is 45.1 Å². The van der Waals surface area contributed by atoms with Gasteiger partial charge in [-0.2, -0.15) is 11.8 Å². The molecule has 102 valence electrons. The Hall–Kier alpha value is 0.260. The van der Waals surface area contributed by atoms with E-state index in [2.05, 4.69) is 0 Å². The molecule has 1 atom stereocenters. The summed E-state index contributed by atoms with van der Waals surface area (Å²) < 4.78 is 22.7. The van der Waals surface area contributed by atoms with E-state index in [1.165, 1.54) is 24.3 Å². The van der Waals surface area contributed by atoms with Gasteiger partial charge in [0.2, 0.25) is 0 Å². The van der Waals surface area contributed by atoms with Gasteiger partial charge in [0.15, 0.2) is 0 Å². The van der Waals surface area contributed by atoms with Gasteiger partial charge >= 0.3 is 0 Å². The van der Waals surface area contributed by atoms with Gasteiger partial charge in [0.25, 0.3) is 0 Å². The molecule has 5 heteroatoms. The molecule has 1 heterocycles. The van der Waals surface area contributed by atoms with Crippen molar-refractivity contribution in [2.24, 2.45) is 11.7 Å². The fourth-order valence-electron chi connectivity index (χ4n) is 2.24. The normalized spacial score (nSPS) is 20.4. The highest BCUT2D eigenvalue weighted by Crippen LogP contribution is 2.26. The van der Waals surface area contributed by atoms with Gasteiger partial charge in [-0.05, 0) is 49.5 Å². The first-order chi connectivity index (χ1) is 8.03. The molecule has 1 fully saturated rings. The van der Waals surface area contributed by atoms with E-state index in [9.17, 15) is 8.42 Å². The Morgan fingerprint density at radius 3 is 2.59 bits per heavy atom. The molecular formula is C12H25NO2S2. The second kappa shape index (κ2) is 7.64. The first-order valence-corrected chi connectivity index (χ1v) is 9.55. The van der Waals surface area contributed by atoms with Crippen LogP contribution < -0.4 is 5.73 Å². The zero-order valence-electron chi connectivity index (χ0n) is 10.7. The Labute approximate surface area is 110 Å². The molecule has 0 aromatic heterocycles. The number of rotatable bonds is 7. The first-order valence-electron chi connectivity index (χ1n) is 6.57. The van der Waals surface area contributed by atoms with Gasteiger partial charge in [-0.25, -0.2) is 8.42 Å². The fourth-order valence-corrected chi connectivity index (χ4v) is 4.34. The molecular weight excluding hydrogens is 254 g/mol. The van der Waals surface area contributed by atoms with Crippen molar-refractivity contribution in [1.82, 2.24) is 0 Å². The SMILES string of the molecule is CCS(=O)(=O)CCCC(N)CC1CCSCC1. The maximum atomic E-state index is 11.3. The quantitative estimate of drug-likeness (QED) is 0.775. The molecule has 0 radical (unpaired) electrons. The third-order valence-corrected chi connectivity index (χ3v) is 6.29. The summed E-state index contributed by atoms with van der Waals surface area (Å²) in [5.41, 5.74) is 6.07. The van der Waals surface area contributed by atoms with Crippen LogP contribution in [0.1, 0.15) is 39.0 Å². The topological polar surface area (TPSA) is 60.2 Å². The lowest BCUT2D eigenvalue weighted by atomic mass is 9.93. The van der Waals surface area contributed by atoms with Crippen molar-refractivity contribution in [3.8, 4) is 0 Å². The molecule has 0 amide bonds. The van der Waals surface area contributed by atoms with E-state index in [0.29, 0.717) is 5.75 Å². The Kier molecular flexibility index (Phi) is 6.89. The van der Waals surface area contributed by atoms with Gasteiger partial charge in [0.05, 0.1) is 5.75 Å². The molecule has 1 saturated heterocycles. The monoisotopic (exact) mass is 279 g/mol. The number of hydrogen-bond acceptors (Lipinski definition) is 4. The number of sulfone groups is 1. The molecule has 0 bridgehead atoms. The third kappa shape index (κ3) is 6.67. The summed E-state index contributed by atoms with van der Waals surface area (Å²) in [5, 5.41) is 0. The highest BCUT2D eigenvalue weighted by molar-refractivity contribution is 7.99. The summed E-state index contributed by atoms with van der Waals surface area (Å²) in [6, 6.07) is 0.190. The van der Waals surface area contributed by atoms with Crippen molar-refractivity contribution in [2.75, 3.05) is 23.0 Å². The van der Waals surface area contributed by atoms with Gasteiger partial charge in [-0.1, -0.05) is 6.92 Å². The van der Waals surface area contributed by atoms with Gasteiger partial charge in [0.1, 0.15) is 9.84 Å². The van der Waals surface area contributed by atoms with Gasteiger partial charge in [-0.3, -0.25) is 0 Å². The van der Waals surface area contributed by atoms with Crippen LogP contribution in [0.25, 0.3) is 0 Å². The Balaban J connectivity index is 2.14. The van der Waals surface area contributed by atoms with E-state index in [0.717, 1.165) is 25.2 Å². The maximum absolute atomic E-state index is 11.3. The van der Waals surface area contributed by atoms with E-state index >= 15 is 0 Å². The number of hydrogen-bond donors (Lipinski definition) is 1. The van der Waals surface area contributed by atoms with Crippen molar-refractivity contribution in [1.29, 1.82) is 0 Å². The van der Waals surface area contributed by atoms with E-state index in [1.54, 1.807) is 6.92 Å². The maximum Gasteiger partial charge on any atom is 0.150 e. The van der Waals surface area contributed by atoms with Crippen molar-refractivity contribution in [3.63, 3.8) is 0 Å². The molecule has 3 nitrogen and oxygen atoms in total. The lowest BCUT2D eigenvalue weighted by Gasteiger charge is -2.24. The molecule has 0 spiro atoms. The lowest BCUT2D eigenvalue weighted by molar-refractivity contribution is 0.394. The minimum atomic E-state index is -2.81. The van der Waals surface area contributed by atoms with Gasteiger partial charge < -0.3 is 5.73 Å². The molecule has 17 heavy (non-hydrogen) atoms. The molecule has 1 rings (SSSR count). The summed E-state index contributed by atoms with van der Waals surface area (Å²) in [6.45, 7) is 1.70. The predicted molar refractivity (Wildman–Crippen MR) is 76.2 cm³/mol. The molecule has 2 N–H and O–H groups in total. The van der Waals surface area contributed by atoms with Crippen molar-refractivity contribution >= 4 is 21.6 Å². The highest BCUT2D eigenvalue weighted by Gasteiger charge is 2.17. The van der Waals surface area contributed by atoms with Crippen LogP contribution in [-0.4, -0.2) is 37.5 Å². The average Bonchev–Trinajstić information content (AvgIpc) is 2.30. The van der Waals surface area contributed by atoms with Crippen LogP contribution in [0.4, 0.5) is 0 Å². The number of thioether (sulfide) groups is 1. The summed E-state index contributed by atoms with van der Waals surface area (Å²) >= 11 is 2.03. The summed E-state index contributed by atoms with van der Waals surface area (Å²) in [6.07, 6.45) is 5.21. The van der Waals surface area contributed by atoms with E-state index in [4.69, 9.17) is 5.73 Å². The molecule has 1 aliphatic rings. The smallest absolute Gasteiger partial charge is 0.150 e. The second-order valence-electron chi connectivity index (χ2n) is 4.93. The molecule has 0 aromatic carbocycles. The van der Waals surface area contributed by atoms with E-state index in [-0.39, 0.29) is 11.8 Å². The van der Waals surface area contributed by atoms with E-state index < -0.39 is 9.84 Å².